The lowest BCUT2D eigenvalue weighted by molar-refractivity contribution is 1.07. The topological polar surface area (TPSA) is 43.6 Å². The highest BCUT2D eigenvalue weighted by atomic mass is 15.0. The molecule has 4 nitrogen and oxygen atoms in total. The minimum Gasteiger partial charge on any atom is -0.316 e. The molecule has 0 aliphatic rings. The van der Waals surface area contributed by atoms with Crippen LogP contribution in [-0.2, 0) is 0 Å². The number of aromatic nitrogens is 4. The number of fused-ring (bicyclic) bond motifs is 1. The van der Waals surface area contributed by atoms with Gasteiger partial charge in [-0.1, -0.05) is 171 Å². The molecule has 0 radical (unpaired) electrons. The Bertz CT molecular complexity index is 2710. The Labute approximate surface area is 321 Å². The summed E-state index contributed by atoms with van der Waals surface area (Å²) in [6.07, 6.45) is 7.70. The predicted octanol–water partition coefficient (Wildman–Crippen LogP) is 13.2. The van der Waals surface area contributed by atoms with E-state index in [0.717, 1.165) is 62.2 Å². The van der Waals surface area contributed by atoms with E-state index in [-0.39, 0.29) is 0 Å². The fourth-order valence-electron chi connectivity index (χ4n) is 7.23. The van der Waals surface area contributed by atoms with Gasteiger partial charge in [-0.2, -0.15) is 0 Å². The summed E-state index contributed by atoms with van der Waals surface area (Å²) < 4.78 is 2.33. The SMILES string of the molecule is CC/C=C\c1cn(-c2cc(-c3ccccc3)cc(-c3cc(-c4nc(-c5ccccc5)nc(-c5ccccc5)n4)ccc3-c3ccccc3)c2)c2ccccc12. The quantitative estimate of drug-likeness (QED) is 0.150. The lowest BCUT2D eigenvalue weighted by Gasteiger charge is -2.17. The second-order valence-electron chi connectivity index (χ2n) is 13.6. The third kappa shape index (κ3) is 6.90. The van der Waals surface area contributed by atoms with E-state index in [4.69, 9.17) is 15.0 Å². The Kier molecular flexibility index (Phi) is 9.21. The highest BCUT2D eigenvalue weighted by Crippen LogP contribution is 2.39. The van der Waals surface area contributed by atoms with Gasteiger partial charge in [-0.3, -0.25) is 0 Å². The standard InChI is InChI=1S/C51H38N4/c1-2-3-18-41-35-55(48-28-17-16-27-46(41)48)44-32-42(36-19-8-4-9-20-36)31-43(33-44)47-34-40(29-30-45(47)37-21-10-5-11-22-37)51-53-49(38-23-12-6-13-24-38)52-50(54-51)39-25-14-7-15-26-39/h3-35H,2H2,1H3/b18-3-. The minimum atomic E-state index is 0.622. The largest absolute Gasteiger partial charge is 0.316 e. The summed E-state index contributed by atoms with van der Waals surface area (Å²) in [5, 5.41) is 1.23. The van der Waals surface area contributed by atoms with E-state index in [1.54, 1.807) is 0 Å². The van der Waals surface area contributed by atoms with E-state index in [1.165, 1.54) is 16.5 Å². The summed E-state index contributed by atoms with van der Waals surface area (Å²) in [6, 6.07) is 63.7. The van der Waals surface area contributed by atoms with Crippen molar-refractivity contribution in [1.29, 1.82) is 0 Å². The Morgan fingerprint density at radius 3 is 1.58 bits per heavy atom. The maximum Gasteiger partial charge on any atom is 0.164 e. The fraction of sp³-hybridized carbons (Fsp3) is 0.0392. The Morgan fingerprint density at radius 1 is 0.436 bits per heavy atom. The van der Waals surface area contributed by atoms with Crippen molar-refractivity contribution < 1.29 is 0 Å². The molecule has 0 spiro atoms. The summed E-state index contributed by atoms with van der Waals surface area (Å²) in [5.41, 5.74) is 13.0. The van der Waals surface area contributed by atoms with Gasteiger partial charge in [0.1, 0.15) is 0 Å². The second-order valence-corrected chi connectivity index (χ2v) is 13.6. The van der Waals surface area contributed by atoms with Crippen molar-refractivity contribution in [3.05, 3.63) is 200 Å². The van der Waals surface area contributed by atoms with Crippen LogP contribution in [0.1, 0.15) is 18.9 Å². The molecule has 0 aliphatic carbocycles. The van der Waals surface area contributed by atoms with Crippen LogP contribution in [0.2, 0.25) is 0 Å². The van der Waals surface area contributed by atoms with Crippen molar-refractivity contribution in [2.45, 2.75) is 13.3 Å². The van der Waals surface area contributed by atoms with E-state index in [9.17, 15) is 0 Å². The third-order valence-electron chi connectivity index (χ3n) is 9.95. The number of rotatable bonds is 9. The average Bonchev–Trinajstić information content (AvgIpc) is 3.65. The third-order valence-corrected chi connectivity index (χ3v) is 9.95. The van der Waals surface area contributed by atoms with Gasteiger partial charge in [0.05, 0.1) is 5.52 Å². The summed E-state index contributed by atoms with van der Waals surface area (Å²) in [6.45, 7) is 2.17. The van der Waals surface area contributed by atoms with Crippen LogP contribution < -0.4 is 0 Å². The number of allylic oxidation sites excluding steroid dienone is 1. The number of benzene rings is 7. The molecule has 262 valence electrons. The first kappa shape index (κ1) is 33.7. The minimum absolute atomic E-state index is 0.622. The van der Waals surface area contributed by atoms with E-state index < -0.39 is 0 Å². The van der Waals surface area contributed by atoms with E-state index in [1.807, 2.05) is 60.7 Å². The van der Waals surface area contributed by atoms with E-state index >= 15 is 0 Å². The van der Waals surface area contributed by atoms with Crippen LogP contribution in [0.25, 0.3) is 90.2 Å². The van der Waals surface area contributed by atoms with Gasteiger partial charge in [-0.25, -0.2) is 15.0 Å². The second kappa shape index (κ2) is 15.1. The van der Waals surface area contributed by atoms with Crippen LogP contribution in [0.15, 0.2) is 194 Å². The molecule has 9 rings (SSSR count). The molecule has 2 aromatic heterocycles. The summed E-state index contributed by atoms with van der Waals surface area (Å²) in [4.78, 5) is 15.1. The summed E-state index contributed by atoms with van der Waals surface area (Å²) >= 11 is 0. The van der Waals surface area contributed by atoms with Crippen LogP contribution in [0.3, 0.4) is 0 Å². The zero-order chi connectivity index (χ0) is 37.0. The molecule has 0 amide bonds. The molecule has 0 atom stereocenters. The molecule has 0 unspecified atom stereocenters. The zero-order valence-corrected chi connectivity index (χ0v) is 30.5. The molecule has 0 N–H and O–H groups in total. The van der Waals surface area contributed by atoms with Crippen molar-refractivity contribution in [1.82, 2.24) is 19.5 Å². The molecule has 4 heteroatoms. The number of hydrogen-bond donors (Lipinski definition) is 0. The summed E-state index contributed by atoms with van der Waals surface area (Å²) in [7, 11) is 0. The molecular weight excluding hydrogens is 669 g/mol. The highest BCUT2D eigenvalue weighted by Gasteiger charge is 2.18. The fourth-order valence-corrected chi connectivity index (χ4v) is 7.23. The molecule has 0 saturated heterocycles. The molecule has 2 heterocycles. The first-order valence-electron chi connectivity index (χ1n) is 18.8. The number of hydrogen-bond acceptors (Lipinski definition) is 3. The molecule has 0 saturated carbocycles. The lowest BCUT2D eigenvalue weighted by Crippen LogP contribution is -2.00. The number of nitrogens with zero attached hydrogens (tertiary/aromatic N) is 4. The van der Waals surface area contributed by atoms with Crippen LogP contribution in [0, 0.1) is 0 Å². The van der Waals surface area contributed by atoms with Crippen molar-refractivity contribution in [3.8, 4) is 73.2 Å². The average molecular weight is 707 g/mol. The van der Waals surface area contributed by atoms with Gasteiger partial charge >= 0.3 is 0 Å². The van der Waals surface area contributed by atoms with Crippen LogP contribution in [0.4, 0.5) is 0 Å². The molecule has 7 aromatic carbocycles. The van der Waals surface area contributed by atoms with Crippen molar-refractivity contribution in [3.63, 3.8) is 0 Å². The van der Waals surface area contributed by atoms with Gasteiger partial charge < -0.3 is 4.57 Å². The molecule has 0 aliphatic heterocycles. The Hall–Kier alpha value is -7.17. The maximum absolute atomic E-state index is 5.10. The lowest BCUT2D eigenvalue weighted by atomic mass is 9.90. The monoisotopic (exact) mass is 706 g/mol. The van der Waals surface area contributed by atoms with Crippen molar-refractivity contribution in [2.75, 3.05) is 0 Å². The highest BCUT2D eigenvalue weighted by molar-refractivity contribution is 5.93. The van der Waals surface area contributed by atoms with Gasteiger partial charge in [-0.05, 0) is 70.1 Å². The Balaban J connectivity index is 1.29. The normalized spacial score (nSPS) is 11.4. The predicted molar refractivity (Wildman–Crippen MR) is 229 cm³/mol. The van der Waals surface area contributed by atoms with Gasteiger partial charge in [0.25, 0.3) is 0 Å². The van der Waals surface area contributed by atoms with E-state index in [0.29, 0.717) is 17.5 Å². The van der Waals surface area contributed by atoms with Crippen LogP contribution >= 0.6 is 0 Å². The Morgan fingerprint density at radius 2 is 0.964 bits per heavy atom. The van der Waals surface area contributed by atoms with Crippen molar-refractivity contribution >= 4 is 17.0 Å². The first-order chi connectivity index (χ1) is 27.2. The van der Waals surface area contributed by atoms with Gasteiger partial charge in [-0.15, -0.1) is 0 Å². The van der Waals surface area contributed by atoms with Gasteiger partial charge in [0.2, 0.25) is 0 Å². The van der Waals surface area contributed by atoms with Crippen LogP contribution in [-0.4, -0.2) is 19.5 Å². The van der Waals surface area contributed by atoms with Gasteiger partial charge in [0, 0.05) is 39.5 Å². The molecule has 9 aromatic rings. The van der Waals surface area contributed by atoms with E-state index in [2.05, 4.69) is 151 Å². The molecule has 0 fully saturated rings. The van der Waals surface area contributed by atoms with Crippen molar-refractivity contribution in [2.24, 2.45) is 0 Å². The zero-order valence-electron chi connectivity index (χ0n) is 30.5. The molecule has 0 bridgehead atoms. The van der Waals surface area contributed by atoms with Crippen LogP contribution in [0.5, 0.6) is 0 Å². The smallest absolute Gasteiger partial charge is 0.164 e. The molecular formula is C51H38N4. The molecule has 55 heavy (non-hydrogen) atoms. The summed E-state index contributed by atoms with van der Waals surface area (Å²) in [5.74, 6) is 1.90. The van der Waals surface area contributed by atoms with Gasteiger partial charge in [0.15, 0.2) is 17.5 Å². The maximum atomic E-state index is 5.10. The first-order valence-corrected chi connectivity index (χ1v) is 18.8. The number of para-hydroxylation sites is 1.